The first-order chi connectivity index (χ1) is 13.1. The highest BCUT2D eigenvalue weighted by Gasteiger charge is 2.25. The first-order valence-electron chi connectivity index (χ1n) is 11.1. The molecule has 0 heterocycles. The molecule has 3 nitrogen and oxygen atoms in total. The summed E-state index contributed by atoms with van der Waals surface area (Å²) < 4.78 is 24.2. The van der Waals surface area contributed by atoms with Gasteiger partial charge >= 0.3 is 7.60 Å². The van der Waals surface area contributed by atoms with Gasteiger partial charge in [0, 0.05) is 0 Å². The molecule has 0 aliphatic heterocycles. The van der Waals surface area contributed by atoms with Crippen LogP contribution in [0.3, 0.4) is 0 Å². The van der Waals surface area contributed by atoms with Gasteiger partial charge in [0.2, 0.25) is 0 Å². The van der Waals surface area contributed by atoms with Gasteiger partial charge in [-0.05, 0) is 56.2 Å². The molecule has 0 fully saturated rings. The molecule has 1 aromatic rings. The predicted octanol–water partition coefficient (Wildman–Crippen LogP) is 7.70. The van der Waals surface area contributed by atoms with Crippen molar-refractivity contribution < 1.29 is 13.6 Å². The highest BCUT2D eigenvalue weighted by Crippen LogP contribution is 2.51. The number of hydrogen-bond acceptors (Lipinski definition) is 3. The van der Waals surface area contributed by atoms with Crippen molar-refractivity contribution in [2.75, 3.05) is 13.2 Å². The zero-order valence-electron chi connectivity index (χ0n) is 18.1. The lowest BCUT2D eigenvalue weighted by atomic mass is 9.97. The van der Waals surface area contributed by atoms with Gasteiger partial charge in [0.15, 0.2) is 0 Å². The summed E-state index contributed by atoms with van der Waals surface area (Å²) in [5, 5.41) is 0. The average Bonchev–Trinajstić information content (AvgIpc) is 2.64. The number of benzene rings is 1. The maximum atomic E-state index is 13.1. The van der Waals surface area contributed by atoms with E-state index in [2.05, 4.69) is 32.0 Å². The molecule has 0 spiro atoms. The van der Waals surface area contributed by atoms with Crippen LogP contribution in [0.4, 0.5) is 0 Å². The fourth-order valence-corrected chi connectivity index (χ4v) is 5.21. The minimum atomic E-state index is -3.07. The summed E-state index contributed by atoms with van der Waals surface area (Å²) in [5.74, 6) is 0. The molecule has 27 heavy (non-hydrogen) atoms. The first kappa shape index (κ1) is 24.4. The Labute approximate surface area is 167 Å². The number of aryl methyl sites for hydroxylation is 2. The molecule has 0 amide bonds. The third-order valence-corrected chi connectivity index (χ3v) is 6.94. The van der Waals surface area contributed by atoms with Crippen molar-refractivity contribution in [3.63, 3.8) is 0 Å². The van der Waals surface area contributed by atoms with Crippen molar-refractivity contribution in [2.24, 2.45) is 0 Å². The SMILES string of the molecule is CCCCCCc1ccc(CCCCCC)c(CP(=O)(OCC)OCC)c1. The maximum Gasteiger partial charge on any atom is 0.335 e. The van der Waals surface area contributed by atoms with Crippen molar-refractivity contribution in [1.29, 1.82) is 0 Å². The van der Waals surface area contributed by atoms with Crippen LogP contribution < -0.4 is 0 Å². The molecule has 0 aromatic heterocycles. The van der Waals surface area contributed by atoms with Crippen molar-refractivity contribution in [1.82, 2.24) is 0 Å². The molecule has 1 aromatic carbocycles. The third kappa shape index (κ3) is 9.92. The van der Waals surface area contributed by atoms with Crippen LogP contribution in [-0.4, -0.2) is 13.2 Å². The molecular formula is C23H41O3P. The molecule has 156 valence electrons. The monoisotopic (exact) mass is 396 g/mol. The molecule has 0 bridgehead atoms. The topological polar surface area (TPSA) is 35.5 Å². The Morgan fingerprint density at radius 2 is 1.33 bits per heavy atom. The Morgan fingerprint density at radius 3 is 1.89 bits per heavy atom. The zero-order chi connectivity index (χ0) is 20.0. The van der Waals surface area contributed by atoms with E-state index in [0.717, 1.165) is 18.4 Å². The highest BCUT2D eigenvalue weighted by atomic mass is 31.2. The fourth-order valence-electron chi connectivity index (χ4n) is 3.45. The van der Waals surface area contributed by atoms with Crippen LogP contribution in [0.1, 0.15) is 95.8 Å². The summed E-state index contributed by atoms with van der Waals surface area (Å²) in [6.45, 7) is 9.06. The lowest BCUT2D eigenvalue weighted by Crippen LogP contribution is -2.03. The van der Waals surface area contributed by atoms with Crippen LogP contribution in [0.2, 0.25) is 0 Å². The van der Waals surface area contributed by atoms with Crippen molar-refractivity contribution in [3.05, 3.63) is 34.9 Å². The largest absolute Gasteiger partial charge is 0.335 e. The second-order valence-corrected chi connectivity index (χ2v) is 9.38. The second kappa shape index (κ2) is 14.4. The van der Waals surface area contributed by atoms with Crippen LogP contribution in [0.15, 0.2) is 18.2 Å². The second-order valence-electron chi connectivity index (χ2n) is 7.33. The highest BCUT2D eigenvalue weighted by molar-refractivity contribution is 7.53. The van der Waals surface area contributed by atoms with Crippen molar-refractivity contribution in [3.8, 4) is 0 Å². The van der Waals surface area contributed by atoms with E-state index >= 15 is 0 Å². The van der Waals surface area contributed by atoms with Gasteiger partial charge in [-0.15, -0.1) is 0 Å². The van der Waals surface area contributed by atoms with Gasteiger partial charge < -0.3 is 9.05 Å². The van der Waals surface area contributed by atoms with E-state index in [-0.39, 0.29) is 0 Å². The molecule has 0 unspecified atom stereocenters. The molecule has 0 saturated carbocycles. The van der Waals surface area contributed by atoms with Crippen LogP contribution in [0, 0.1) is 0 Å². The van der Waals surface area contributed by atoms with Gasteiger partial charge in [-0.2, -0.15) is 0 Å². The van der Waals surface area contributed by atoms with Gasteiger partial charge in [0.05, 0.1) is 19.4 Å². The fraction of sp³-hybridized carbons (Fsp3) is 0.739. The van der Waals surface area contributed by atoms with Crippen LogP contribution in [-0.2, 0) is 32.6 Å². The summed E-state index contributed by atoms with van der Waals surface area (Å²) in [5.41, 5.74) is 3.81. The van der Waals surface area contributed by atoms with E-state index in [9.17, 15) is 4.57 Å². The zero-order valence-corrected chi connectivity index (χ0v) is 19.0. The molecule has 0 N–H and O–H groups in total. The normalized spacial score (nSPS) is 11.9. The third-order valence-electron chi connectivity index (χ3n) is 4.90. The van der Waals surface area contributed by atoms with Gasteiger partial charge in [-0.1, -0.05) is 70.6 Å². The minimum Gasteiger partial charge on any atom is -0.309 e. The quantitative estimate of drug-likeness (QED) is 0.212. The van der Waals surface area contributed by atoms with Gasteiger partial charge in [0.25, 0.3) is 0 Å². The molecular weight excluding hydrogens is 355 g/mol. The Balaban J connectivity index is 2.92. The van der Waals surface area contributed by atoms with E-state index in [0.29, 0.717) is 19.4 Å². The smallest absolute Gasteiger partial charge is 0.309 e. The summed E-state index contributed by atoms with van der Waals surface area (Å²) in [6.07, 6.45) is 12.5. The Morgan fingerprint density at radius 1 is 0.741 bits per heavy atom. The first-order valence-corrected chi connectivity index (χ1v) is 12.8. The summed E-state index contributed by atoms with van der Waals surface area (Å²) in [6, 6.07) is 6.77. The summed E-state index contributed by atoms with van der Waals surface area (Å²) in [7, 11) is -3.07. The molecule has 1 rings (SSSR count). The summed E-state index contributed by atoms with van der Waals surface area (Å²) >= 11 is 0. The number of unbranched alkanes of at least 4 members (excludes halogenated alkanes) is 6. The molecule has 0 aliphatic carbocycles. The van der Waals surface area contributed by atoms with E-state index in [4.69, 9.17) is 9.05 Å². The molecule has 0 saturated heterocycles. The number of hydrogen-bond donors (Lipinski definition) is 0. The minimum absolute atomic E-state index is 0.389. The molecule has 0 aliphatic rings. The summed E-state index contributed by atoms with van der Waals surface area (Å²) in [4.78, 5) is 0. The van der Waals surface area contributed by atoms with Gasteiger partial charge in [0.1, 0.15) is 0 Å². The van der Waals surface area contributed by atoms with Crippen LogP contribution in [0.25, 0.3) is 0 Å². The number of rotatable bonds is 16. The molecule has 0 radical (unpaired) electrons. The average molecular weight is 397 g/mol. The molecule has 4 heteroatoms. The van der Waals surface area contributed by atoms with E-state index < -0.39 is 7.60 Å². The van der Waals surface area contributed by atoms with Crippen LogP contribution in [0.5, 0.6) is 0 Å². The molecule has 0 atom stereocenters. The van der Waals surface area contributed by atoms with Crippen molar-refractivity contribution >= 4 is 7.60 Å². The van der Waals surface area contributed by atoms with Crippen LogP contribution >= 0.6 is 7.60 Å². The van der Waals surface area contributed by atoms with E-state index in [1.54, 1.807) is 0 Å². The standard InChI is InChI=1S/C23H41O3P/c1-5-9-11-13-15-21-17-18-22(16-14-12-10-6-2)23(19-21)20-27(24,25-7-3)26-8-4/h17-19H,5-16,20H2,1-4H3. The van der Waals surface area contributed by atoms with Gasteiger partial charge in [-0.3, -0.25) is 4.57 Å². The lowest BCUT2D eigenvalue weighted by molar-refractivity contribution is 0.219. The Kier molecular flexibility index (Phi) is 13.0. The Bertz CT molecular complexity index is 547. The maximum absolute atomic E-state index is 13.1. The van der Waals surface area contributed by atoms with E-state index in [1.165, 1.54) is 62.5 Å². The van der Waals surface area contributed by atoms with Crippen molar-refractivity contribution in [2.45, 2.75) is 98.1 Å². The predicted molar refractivity (Wildman–Crippen MR) is 117 cm³/mol. The van der Waals surface area contributed by atoms with Gasteiger partial charge in [-0.25, -0.2) is 0 Å². The van der Waals surface area contributed by atoms with E-state index in [1.807, 2.05) is 13.8 Å². The Hall–Kier alpha value is -0.630. The lowest BCUT2D eigenvalue weighted by Gasteiger charge is -2.19.